The van der Waals surface area contributed by atoms with Crippen molar-refractivity contribution in [3.63, 3.8) is 0 Å². The van der Waals surface area contributed by atoms with Gasteiger partial charge in [0.2, 0.25) is 0 Å². The van der Waals surface area contributed by atoms with E-state index in [4.69, 9.17) is 0 Å². The Labute approximate surface area is 118 Å². The predicted octanol–water partition coefficient (Wildman–Crippen LogP) is 2.58. The van der Waals surface area contributed by atoms with Crippen LogP contribution in [0.25, 0.3) is 10.9 Å². The maximum absolute atomic E-state index is 12.4. The van der Waals surface area contributed by atoms with Crippen molar-refractivity contribution >= 4 is 22.6 Å². The molecule has 2 rings (SSSR count). The fourth-order valence-electron chi connectivity index (χ4n) is 2.31. The maximum atomic E-state index is 12.4. The van der Waals surface area contributed by atoms with Gasteiger partial charge in [-0.05, 0) is 26.3 Å². The van der Waals surface area contributed by atoms with Crippen LogP contribution in [0, 0.1) is 6.92 Å². The summed E-state index contributed by atoms with van der Waals surface area (Å²) in [7, 11) is 1.90. The Bertz CT molecular complexity index is 670. The van der Waals surface area contributed by atoms with Crippen LogP contribution >= 0.6 is 0 Å². The third kappa shape index (κ3) is 2.33. The number of Topliss-reactive ketones (excluding diaryl/α,β-unsaturated/α-hetero) is 1. The lowest BCUT2D eigenvalue weighted by molar-refractivity contribution is -0.117. The molecular weight excluding hydrogens is 252 g/mol. The molecule has 2 aromatic rings. The molecule has 1 atom stereocenters. The number of para-hydroxylation sites is 1. The summed E-state index contributed by atoms with van der Waals surface area (Å²) in [6, 6.07) is 7.64. The first-order valence-corrected chi connectivity index (χ1v) is 6.86. The Balaban J connectivity index is 2.45. The van der Waals surface area contributed by atoms with E-state index in [0.29, 0.717) is 5.56 Å². The highest BCUT2D eigenvalue weighted by molar-refractivity contribution is 6.45. The minimum Gasteiger partial charge on any atom is -0.347 e. The Morgan fingerprint density at radius 1 is 1.30 bits per heavy atom. The van der Waals surface area contributed by atoms with Crippen molar-refractivity contribution in [3.8, 4) is 0 Å². The highest BCUT2D eigenvalue weighted by Gasteiger charge is 2.24. The molecule has 0 unspecified atom stereocenters. The summed E-state index contributed by atoms with van der Waals surface area (Å²) in [5.41, 5.74) is 2.28. The molecule has 0 spiro atoms. The van der Waals surface area contributed by atoms with Crippen LogP contribution in [0.4, 0.5) is 0 Å². The van der Waals surface area contributed by atoms with Gasteiger partial charge in [-0.2, -0.15) is 0 Å². The molecule has 0 aliphatic carbocycles. The second-order valence-electron chi connectivity index (χ2n) is 5.15. The number of hydrogen-bond acceptors (Lipinski definition) is 2. The fraction of sp³-hybridized carbons (Fsp3) is 0.375. The van der Waals surface area contributed by atoms with Gasteiger partial charge in [-0.15, -0.1) is 0 Å². The molecule has 20 heavy (non-hydrogen) atoms. The third-order valence-electron chi connectivity index (χ3n) is 3.82. The fourth-order valence-corrected chi connectivity index (χ4v) is 2.31. The SMILES string of the molecule is CC[C@H](C)NC(=O)C(=O)c1c(C)n(C)c2ccccc12. The van der Waals surface area contributed by atoms with Crippen LogP contribution in [0.15, 0.2) is 24.3 Å². The minimum atomic E-state index is -0.529. The standard InChI is InChI=1S/C16H20N2O2/c1-5-10(2)17-16(20)15(19)14-11(3)18(4)13-9-7-6-8-12(13)14/h6-10H,5H2,1-4H3,(H,17,20)/t10-/m0/s1. The van der Waals surface area contributed by atoms with Gasteiger partial charge in [-0.1, -0.05) is 25.1 Å². The summed E-state index contributed by atoms with van der Waals surface area (Å²) in [6.45, 7) is 5.73. The van der Waals surface area contributed by atoms with Gasteiger partial charge in [-0.3, -0.25) is 9.59 Å². The lowest BCUT2D eigenvalue weighted by atomic mass is 10.1. The summed E-state index contributed by atoms with van der Waals surface area (Å²) in [5.74, 6) is -0.988. The number of aromatic nitrogens is 1. The van der Waals surface area contributed by atoms with Crippen LogP contribution in [0.5, 0.6) is 0 Å². The molecule has 4 heteroatoms. The van der Waals surface area contributed by atoms with Crippen molar-refractivity contribution < 1.29 is 9.59 Å². The van der Waals surface area contributed by atoms with Gasteiger partial charge in [0.25, 0.3) is 11.7 Å². The Kier molecular flexibility index (Phi) is 3.93. The van der Waals surface area contributed by atoms with E-state index < -0.39 is 11.7 Å². The molecule has 106 valence electrons. The number of benzene rings is 1. The number of hydrogen-bond donors (Lipinski definition) is 1. The first-order valence-electron chi connectivity index (χ1n) is 6.86. The normalized spacial score (nSPS) is 12.4. The van der Waals surface area contributed by atoms with Crippen LogP contribution in [-0.2, 0) is 11.8 Å². The molecule has 0 fully saturated rings. The van der Waals surface area contributed by atoms with Crippen molar-refractivity contribution in [2.45, 2.75) is 33.2 Å². The molecule has 0 saturated carbocycles. The number of fused-ring (bicyclic) bond motifs is 1. The average Bonchev–Trinajstić information content (AvgIpc) is 2.70. The molecule has 0 aliphatic heterocycles. The summed E-state index contributed by atoms with van der Waals surface area (Å²) in [6.07, 6.45) is 0.799. The molecule has 1 aromatic heterocycles. The Morgan fingerprint density at radius 3 is 2.60 bits per heavy atom. The van der Waals surface area contributed by atoms with E-state index >= 15 is 0 Å². The Hall–Kier alpha value is -2.10. The summed E-state index contributed by atoms with van der Waals surface area (Å²) >= 11 is 0. The molecule has 0 bridgehead atoms. The quantitative estimate of drug-likeness (QED) is 0.687. The van der Waals surface area contributed by atoms with Gasteiger partial charge in [0.1, 0.15) is 0 Å². The van der Waals surface area contributed by atoms with Crippen molar-refractivity contribution in [3.05, 3.63) is 35.5 Å². The van der Waals surface area contributed by atoms with Gasteiger partial charge < -0.3 is 9.88 Å². The second-order valence-corrected chi connectivity index (χ2v) is 5.15. The highest BCUT2D eigenvalue weighted by Crippen LogP contribution is 2.25. The van der Waals surface area contributed by atoms with Gasteiger partial charge in [0.05, 0.1) is 5.56 Å². The highest BCUT2D eigenvalue weighted by atomic mass is 16.2. The number of carbonyl (C=O) groups excluding carboxylic acids is 2. The smallest absolute Gasteiger partial charge is 0.292 e. The van der Waals surface area contributed by atoms with Gasteiger partial charge in [0.15, 0.2) is 0 Å². The minimum absolute atomic E-state index is 0.00160. The van der Waals surface area contributed by atoms with Crippen LogP contribution < -0.4 is 5.32 Å². The zero-order valence-corrected chi connectivity index (χ0v) is 12.4. The number of aryl methyl sites for hydroxylation is 1. The molecule has 1 heterocycles. The van der Waals surface area contributed by atoms with Crippen molar-refractivity contribution in [2.75, 3.05) is 0 Å². The first-order chi connectivity index (χ1) is 9.47. The topological polar surface area (TPSA) is 51.1 Å². The summed E-state index contributed by atoms with van der Waals surface area (Å²) in [4.78, 5) is 24.5. The van der Waals surface area contributed by atoms with E-state index in [2.05, 4.69) is 5.32 Å². The number of ketones is 1. The van der Waals surface area contributed by atoms with Gasteiger partial charge in [0, 0.05) is 29.7 Å². The van der Waals surface area contributed by atoms with Crippen LogP contribution in [-0.4, -0.2) is 22.3 Å². The average molecular weight is 272 g/mol. The summed E-state index contributed by atoms with van der Waals surface area (Å²) in [5, 5.41) is 3.56. The van der Waals surface area contributed by atoms with Crippen molar-refractivity contribution in [1.82, 2.24) is 9.88 Å². The van der Waals surface area contributed by atoms with E-state index in [9.17, 15) is 9.59 Å². The van der Waals surface area contributed by atoms with Crippen molar-refractivity contribution in [2.24, 2.45) is 7.05 Å². The van der Waals surface area contributed by atoms with E-state index in [1.54, 1.807) is 0 Å². The molecule has 1 N–H and O–H groups in total. The number of nitrogens with zero attached hydrogens (tertiary/aromatic N) is 1. The molecule has 0 radical (unpaired) electrons. The van der Waals surface area contributed by atoms with Gasteiger partial charge in [-0.25, -0.2) is 0 Å². The molecule has 0 saturated heterocycles. The van der Waals surface area contributed by atoms with E-state index in [1.807, 2.05) is 56.7 Å². The number of amides is 1. The third-order valence-corrected chi connectivity index (χ3v) is 3.82. The van der Waals surface area contributed by atoms with Crippen molar-refractivity contribution in [1.29, 1.82) is 0 Å². The molecule has 1 amide bonds. The number of nitrogens with one attached hydrogen (secondary N) is 1. The lowest BCUT2D eigenvalue weighted by Gasteiger charge is -2.10. The first kappa shape index (κ1) is 14.3. The lowest BCUT2D eigenvalue weighted by Crippen LogP contribution is -2.37. The molecule has 1 aromatic carbocycles. The van der Waals surface area contributed by atoms with Gasteiger partial charge >= 0.3 is 0 Å². The summed E-state index contributed by atoms with van der Waals surface area (Å²) < 4.78 is 1.94. The largest absolute Gasteiger partial charge is 0.347 e. The van der Waals surface area contributed by atoms with Crippen LogP contribution in [0.3, 0.4) is 0 Å². The zero-order chi connectivity index (χ0) is 14.9. The Morgan fingerprint density at radius 2 is 1.95 bits per heavy atom. The number of rotatable bonds is 4. The molecular formula is C16H20N2O2. The predicted molar refractivity (Wildman–Crippen MR) is 79.9 cm³/mol. The molecule has 4 nitrogen and oxygen atoms in total. The zero-order valence-electron chi connectivity index (χ0n) is 12.4. The monoisotopic (exact) mass is 272 g/mol. The van der Waals surface area contributed by atoms with E-state index in [1.165, 1.54) is 0 Å². The number of carbonyl (C=O) groups is 2. The van der Waals surface area contributed by atoms with E-state index in [-0.39, 0.29) is 6.04 Å². The van der Waals surface area contributed by atoms with Crippen LogP contribution in [0.2, 0.25) is 0 Å². The second kappa shape index (κ2) is 5.49. The van der Waals surface area contributed by atoms with Crippen LogP contribution in [0.1, 0.15) is 36.3 Å². The molecule has 0 aliphatic rings. The maximum Gasteiger partial charge on any atom is 0.292 e. The van der Waals surface area contributed by atoms with E-state index in [0.717, 1.165) is 23.0 Å².